The Morgan fingerprint density at radius 3 is 1.72 bits per heavy atom. The summed E-state index contributed by atoms with van der Waals surface area (Å²) in [5, 5.41) is 0. The van der Waals surface area contributed by atoms with Crippen LogP contribution in [0.25, 0.3) is 0 Å². The lowest BCUT2D eigenvalue weighted by Crippen LogP contribution is -2.41. The Bertz CT molecular complexity index is 279. The molecule has 3 heteroatoms. The number of hydrogen-bond donors (Lipinski definition) is 0. The SMILES string of the molecule is COC(CC(C)(C)C)OC(=O)C(C)(C)C(C)(C)C. The van der Waals surface area contributed by atoms with E-state index in [9.17, 15) is 4.79 Å². The molecule has 0 aromatic carbocycles. The van der Waals surface area contributed by atoms with Crippen molar-refractivity contribution in [2.24, 2.45) is 16.2 Å². The maximum absolute atomic E-state index is 12.3. The molecule has 0 aliphatic rings. The van der Waals surface area contributed by atoms with E-state index < -0.39 is 11.7 Å². The normalized spacial score (nSPS) is 15.4. The van der Waals surface area contributed by atoms with E-state index in [-0.39, 0.29) is 16.8 Å². The second-order valence-corrected chi connectivity index (χ2v) is 7.71. The van der Waals surface area contributed by atoms with Crippen molar-refractivity contribution >= 4 is 5.97 Å². The van der Waals surface area contributed by atoms with E-state index in [1.54, 1.807) is 7.11 Å². The molecule has 0 N–H and O–H groups in total. The van der Waals surface area contributed by atoms with Gasteiger partial charge in [-0.05, 0) is 24.7 Å². The molecule has 1 atom stereocenters. The van der Waals surface area contributed by atoms with Crippen molar-refractivity contribution in [3.05, 3.63) is 0 Å². The van der Waals surface area contributed by atoms with Gasteiger partial charge in [0.2, 0.25) is 6.29 Å². The van der Waals surface area contributed by atoms with Gasteiger partial charge in [0.1, 0.15) is 0 Å². The summed E-state index contributed by atoms with van der Waals surface area (Å²) in [5.74, 6) is -0.203. The van der Waals surface area contributed by atoms with Gasteiger partial charge in [0, 0.05) is 13.5 Å². The van der Waals surface area contributed by atoms with Crippen LogP contribution < -0.4 is 0 Å². The first-order valence-electron chi connectivity index (χ1n) is 6.55. The van der Waals surface area contributed by atoms with Crippen LogP contribution in [0.15, 0.2) is 0 Å². The van der Waals surface area contributed by atoms with Crippen molar-refractivity contribution < 1.29 is 14.3 Å². The van der Waals surface area contributed by atoms with Gasteiger partial charge < -0.3 is 9.47 Å². The van der Waals surface area contributed by atoms with Crippen molar-refractivity contribution in [3.8, 4) is 0 Å². The Balaban J connectivity index is 4.73. The summed E-state index contributed by atoms with van der Waals surface area (Å²) < 4.78 is 10.8. The summed E-state index contributed by atoms with van der Waals surface area (Å²) >= 11 is 0. The number of methoxy groups -OCH3 is 1. The molecule has 0 rings (SSSR count). The molecular weight excluding hydrogens is 228 g/mol. The number of esters is 1. The summed E-state index contributed by atoms with van der Waals surface area (Å²) in [6, 6.07) is 0. The highest BCUT2D eigenvalue weighted by Crippen LogP contribution is 2.39. The third kappa shape index (κ3) is 4.97. The summed E-state index contributed by atoms with van der Waals surface area (Å²) in [7, 11) is 1.58. The molecule has 108 valence electrons. The van der Waals surface area contributed by atoms with Gasteiger partial charge in [-0.15, -0.1) is 0 Å². The lowest BCUT2D eigenvalue weighted by atomic mass is 9.69. The first kappa shape index (κ1) is 17.4. The summed E-state index contributed by atoms with van der Waals surface area (Å²) in [6.07, 6.45) is 0.217. The van der Waals surface area contributed by atoms with Crippen LogP contribution in [0, 0.1) is 16.2 Å². The molecule has 0 radical (unpaired) electrons. The van der Waals surface area contributed by atoms with Crippen molar-refractivity contribution in [1.82, 2.24) is 0 Å². The van der Waals surface area contributed by atoms with Crippen LogP contribution in [0.1, 0.15) is 61.8 Å². The zero-order chi connectivity index (χ0) is 14.8. The minimum absolute atomic E-state index is 0.0623. The largest absolute Gasteiger partial charge is 0.435 e. The van der Waals surface area contributed by atoms with E-state index in [0.29, 0.717) is 6.42 Å². The van der Waals surface area contributed by atoms with Gasteiger partial charge in [0.05, 0.1) is 5.41 Å². The molecule has 0 saturated carbocycles. The monoisotopic (exact) mass is 258 g/mol. The topological polar surface area (TPSA) is 35.5 Å². The molecule has 0 aromatic rings. The Hall–Kier alpha value is -0.570. The van der Waals surface area contributed by atoms with Crippen LogP contribution in [0.4, 0.5) is 0 Å². The minimum Gasteiger partial charge on any atom is -0.435 e. The number of hydrogen-bond acceptors (Lipinski definition) is 3. The summed E-state index contributed by atoms with van der Waals surface area (Å²) in [5.41, 5.74) is -0.626. The fourth-order valence-corrected chi connectivity index (χ4v) is 1.25. The second-order valence-electron chi connectivity index (χ2n) is 7.71. The Kier molecular flexibility index (Phi) is 5.42. The highest BCUT2D eigenvalue weighted by molar-refractivity contribution is 5.77. The van der Waals surface area contributed by atoms with E-state index in [1.807, 2.05) is 34.6 Å². The van der Waals surface area contributed by atoms with Crippen molar-refractivity contribution in [2.45, 2.75) is 68.1 Å². The number of carbonyl (C=O) groups excluding carboxylic acids is 1. The Labute approximate surface area is 112 Å². The molecule has 0 aliphatic carbocycles. The van der Waals surface area contributed by atoms with Gasteiger partial charge in [0.25, 0.3) is 0 Å². The van der Waals surface area contributed by atoms with E-state index in [2.05, 4.69) is 20.8 Å². The highest BCUT2D eigenvalue weighted by atomic mass is 16.7. The van der Waals surface area contributed by atoms with Crippen LogP contribution in [-0.4, -0.2) is 19.4 Å². The molecule has 0 fully saturated rings. The third-order valence-electron chi connectivity index (χ3n) is 3.67. The van der Waals surface area contributed by atoms with Gasteiger partial charge in [-0.2, -0.15) is 0 Å². The lowest BCUT2D eigenvalue weighted by Gasteiger charge is -2.37. The Morgan fingerprint density at radius 2 is 1.44 bits per heavy atom. The molecule has 0 aromatic heterocycles. The van der Waals surface area contributed by atoms with Crippen LogP contribution in [0.5, 0.6) is 0 Å². The smallest absolute Gasteiger partial charge is 0.314 e. The van der Waals surface area contributed by atoms with E-state index >= 15 is 0 Å². The number of carbonyl (C=O) groups is 1. The van der Waals surface area contributed by atoms with Crippen LogP contribution in [0.2, 0.25) is 0 Å². The molecule has 0 bridgehead atoms. The zero-order valence-corrected chi connectivity index (χ0v) is 13.5. The fraction of sp³-hybridized carbons (Fsp3) is 0.933. The molecule has 1 unspecified atom stereocenters. The standard InChI is InChI=1S/C15H30O3/c1-13(2,3)10-11(17-9)18-12(16)15(7,8)14(4,5)6/h11H,10H2,1-9H3. The third-order valence-corrected chi connectivity index (χ3v) is 3.67. The summed E-state index contributed by atoms with van der Waals surface area (Å²) in [6.45, 7) is 16.3. The first-order valence-corrected chi connectivity index (χ1v) is 6.55. The average molecular weight is 258 g/mol. The molecule has 3 nitrogen and oxygen atoms in total. The van der Waals surface area contributed by atoms with E-state index in [0.717, 1.165) is 0 Å². The molecule has 18 heavy (non-hydrogen) atoms. The predicted octanol–water partition coefficient (Wildman–Crippen LogP) is 4.01. The molecule has 0 saturated heterocycles. The maximum atomic E-state index is 12.3. The number of rotatable bonds is 4. The van der Waals surface area contributed by atoms with Gasteiger partial charge in [-0.25, -0.2) is 0 Å². The van der Waals surface area contributed by atoms with Crippen LogP contribution >= 0.6 is 0 Å². The summed E-state index contributed by atoms with van der Waals surface area (Å²) in [4.78, 5) is 12.3. The zero-order valence-electron chi connectivity index (χ0n) is 13.5. The van der Waals surface area contributed by atoms with Gasteiger partial charge in [-0.1, -0.05) is 41.5 Å². The van der Waals surface area contributed by atoms with Crippen molar-refractivity contribution in [3.63, 3.8) is 0 Å². The Morgan fingerprint density at radius 1 is 1.00 bits per heavy atom. The predicted molar refractivity (Wildman–Crippen MR) is 74.2 cm³/mol. The van der Waals surface area contributed by atoms with Gasteiger partial charge >= 0.3 is 5.97 Å². The van der Waals surface area contributed by atoms with Crippen LogP contribution in [-0.2, 0) is 14.3 Å². The van der Waals surface area contributed by atoms with E-state index in [1.165, 1.54) is 0 Å². The quantitative estimate of drug-likeness (QED) is 0.564. The second kappa shape index (κ2) is 5.60. The molecule has 0 aliphatic heterocycles. The first-order chi connectivity index (χ1) is 7.81. The lowest BCUT2D eigenvalue weighted by molar-refractivity contribution is -0.193. The maximum Gasteiger partial charge on any atom is 0.314 e. The van der Waals surface area contributed by atoms with Crippen LogP contribution in [0.3, 0.4) is 0 Å². The minimum atomic E-state index is -0.540. The van der Waals surface area contributed by atoms with Gasteiger partial charge in [0.15, 0.2) is 0 Å². The fourth-order valence-electron chi connectivity index (χ4n) is 1.25. The van der Waals surface area contributed by atoms with Gasteiger partial charge in [-0.3, -0.25) is 4.79 Å². The molecule has 0 amide bonds. The highest BCUT2D eigenvalue weighted by Gasteiger charge is 2.42. The number of ether oxygens (including phenoxy) is 2. The van der Waals surface area contributed by atoms with E-state index in [4.69, 9.17) is 9.47 Å². The average Bonchev–Trinajstić information content (AvgIpc) is 2.12. The van der Waals surface area contributed by atoms with Crippen molar-refractivity contribution in [1.29, 1.82) is 0 Å². The molecular formula is C15H30O3. The molecule has 0 heterocycles. The van der Waals surface area contributed by atoms with Crippen molar-refractivity contribution in [2.75, 3.05) is 7.11 Å². The molecule has 0 spiro atoms.